The summed E-state index contributed by atoms with van der Waals surface area (Å²) >= 11 is 0. The quantitative estimate of drug-likeness (QED) is 0.0261. The molecule has 0 N–H and O–H groups in total. The molecule has 0 aliphatic rings. The number of ether oxygens (including phenoxy) is 3. The van der Waals surface area contributed by atoms with Gasteiger partial charge >= 0.3 is 11.9 Å². The maximum atomic E-state index is 12.7. The minimum Gasteiger partial charge on any atom is -0.544 e. The van der Waals surface area contributed by atoms with E-state index in [1.165, 1.54) is 141 Å². The number of carbonyl (C=O) groups is 3. The lowest BCUT2D eigenvalue weighted by Crippen LogP contribution is -2.55. The van der Waals surface area contributed by atoms with Gasteiger partial charge in [-0.05, 0) is 32.1 Å². The second-order valence-corrected chi connectivity index (χ2v) is 17.7. The van der Waals surface area contributed by atoms with E-state index in [-0.39, 0.29) is 42.7 Å². The van der Waals surface area contributed by atoms with Crippen molar-refractivity contribution < 1.29 is 38.2 Å². The number of esters is 2. The Morgan fingerprint density at radius 1 is 0.517 bits per heavy atom. The van der Waals surface area contributed by atoms with Crippen molar-refractivity contribution in [3.05, 3.63) is 24.3 Å². The van der Waals surface area contributed by atoms with Crippen LogP contribution in [0, 0.1) is 0 Å². The van der Waals surface area contributed by atoms with Crippen molar-refractivity contribution in [3.63, 3.8) is 0 Å². The molecule has 0 saturated carbocycles. The molecule has 8 nitrogen and oxygen atoms in total. The zero-order valence-electron chi connectivity index (χ0n) is 38.7. The SMILES string of the molecule is CCCC/C=C/C=C/CCCCCC(=O)OCC(COCCC(C(=O)[O-])[N+](C)(C)C)OC(=O)CCCCCCCCCCCCCCCCCCCCCCCCC. The molecule has 340 valence electrons. The minimum absolute atomic E-state index is 0.0363. The monoisotopic (exact) mass is 820 g/mol. The maximum Gasteiger partial charge on any atom is 0.306 e. The fourth-order valence-corrected chi connectivity index (χ4v) is 7.28. The first kappa shape index (κ1) is 55.8. The van der Waals surface area contributed by atoms with E-state index in [9.17, 15) is 19.5 Å². The lowest BCUT2D eigenvalue weighted by molar-refractivity contribution is -0.889. The van der Waals surface area contributed by atoms with Gasteiger partial charge in [0.1, 0.15) is 12.6 Å². The number of carboxylic acids is 1. The van der Waals surface area contributed by atoms with E-state index in [4.69, 9.17) is 14.2 Å². The van der Waals surface area contributed by atoms with Crippen LogP contribution in [0.3, 0.4) is 0 Å². The number of hydrogen-bond acceptors (Lipinski definition) is 7. The number of likely N-dealkylation sites (N-methyl/N-ethyl adjacent to an activating group) is 1. The molecular formula is C50H93NO7. The molecule has 0 spiro atoms. The largest absolute Gasteiger partial charge is 0.544 e. The molecule has 0 aromatic carbocycles. The highest BCUT2D eigenvalue weighted by Gasteiger charge is 2.25. The van der Waals surface area contributed by atoms with Crippen LogP contribution in [-0.4, -0.2) is 75.5 Å². The van der Waals surface area contributed by atoms with Crippen molar-refractivity contribution in [2.75, 3.05) is 41.0 Å². The van der Waals surface area contributed by atoms with E-state index >= 15 is 0 Å². The number of nitrogens with zero attached hydrogens (tertiary/aromatic N) is 1. The Balaban J connectivity index is 4.16. The number of carbonyl (C=O) groups excluding carboxylic acids is 3. The summed E-state index contributed by atoms with van der Waals surface area (Å²) in [6, 6.07) is -0.727. The molecular weight excluding hydrogens is 727 g/mol. The smallest absolute Gasteiger partial charge is 0.306 e. The molecule has 2 atom stereocenters. The van der Waals surface area contributed by atoms with Crippen LogP contribution in [0.15, 0.2) is 24.3 Å². The number of rotatable bonds is 44. The number of quaternary nitrogens is 1. The normalized spacial score (nSPS) is 13.1. The summed E-state index contributed by atoms with van der Waals surface area (Å²) in [5, 5.41) is 11.6. The molecule has 2 unspecified atom stereocenters. The Labute approximate surface area is 358 Å². The van der Waals surface area contributed by atoms with Crippen LogP contribution >= 0.6 is 0 Å². The zero-order valence-corrected chi connectivity index (χ0v) is 38.7. The molecule has 0 aromatic rings. The van der Waals surface area contributed by atoms with Gasteiger partial charge in [0, 0.05) is 19.3 Å². The second kappa shape index (κ2) is 41.5. The molecule has 0 rings (SSSR count). The van der Waals surface area contributed by atoms with Crippen LogP contribution in [0.5, 0.6) is 0 Å². The standard InChI is InChI=1S/C50H93NO7/c1-6-8-10-12-14-16-18-19-20-21-22-23-24-25-26-27-28-29-31-33-35-37-39-41-49(53)58-46(44-56-43-42-47(50(54)55)51(3,4)5)45-57-48(52)40-38-36-34-32-30-17-15-13-11-9-7-2/h13,15,17,30,46-47H,6-12,14,16,18-29,31-45H2,1-5H3/b15-13+,30-17+. The molecule has 8 heteroatoms. The Bertz CT molecular complexity index is 1000. The summed E-state index contributed by atoms with van der Waals surface area (Å²) in [7, 11) is 5.41. The summed E-state index contributed by atoms with van der Waals surface area (Å²) in [5.74, 6) is -1.76. The molecule has 0 bridgehead atoms. The molecule has 0 amide bonds. The maximum absolute atomic E-state index is 12.7. The van der Waals surface area contributed by atoms with Gasteiger partial charge in [0.15, 0.2) is 6.10 Å². The first-order valence-electron chi connectivity index (χ1n) is 24.4. The average Bonchev–Trinajstić information content (AvgIpc) is 3.18. The van der Waals surface area contributed by atoms with Gasteiger partial charge in [-0.15, -0.1) is 0 Å². The molecule has 0 heterocycles. The van der Waals surface area contributed by atoms with Crippen molar-refractivity contribution in [2.24, 2.45) is 0 Å². The Morgan fingerprint density at radius 3 is 1.34 bits per heavy atom. The lowest BCUT2D eigenvalue weighted by Gasteiger charge is -2.34. The topological polar surface area (TPSA) is 102 Å². The molecule has 0 aromatic heterocycles. The molecule has 0 fully saturated rings. The van der Waals surface area contributed by atoms with E-state index in [0.717, 1.165) is 51.4 Å². The highest BCUT2D eigenvalue weighted by Crippen LogP contribution is 2.16. The second-order valence-electron chi connectivity index (χ2n) is 17.7. The Morgan fingerprint density at radius 2 is 0.914 bits per heavy atom. The molecule has 0 aliphatic carbocycles. The van der Waals surface area contributed by atoms with Crippen LogP contribution < -0.4 is 5.11 Å². The number of aliphatic carboxylic acids is 1. The predicted octanol–water partition coefficient (Wildman–Crippen LogP) is 12.3. The van der Waals surface area contributed by atoms with Crippen LogP contribution in [0.4, 0.5) is 0 Å². The molecule has 0 saturated heterocycles. The van der Waals surface area contributed by atoms with Gasteiger partial charge in [0.25, 0.3) is 0 Å². The summed E-state index contributed by atoms with van der Waals surface area (Å²) in [5.41, 5.74) is 0. The Hall–Kier alpha value is -2.19. The van der Waals surface area contributed by atoms with Gasteiger partial charge in [-0.3, -0.25) is 9.59 Å². The van der Waals surface area contributed by atoms with E-state index < -0.39 is 18.1 Å². The minimum atomic E-state index is -1.13. The van der Waals surface area contributed by atoms with Gasteiger partial charge < -0.3 is 28.6 Å². The highest BCUT2D eigenvalue weighted by molar-refractivity contribution is 5.70. The predicted molar refractivity (Wildman–Crippen MR) is 240 cm³/mol. The average molecular weight is 820 g/mol. The van der Waals surface area contributed by atoms with Gasteiger partial charge in [-0.1, -0.05) is 199 Å². The van der Waals surface area contributed by atoms with Crippen molar-refractivity contribution in [3.8, 4) is 0 Å². The first-order chi connectivity index (χ1) is 28.1. The van der Waals surface area contributed by atoms with E-state index in [1.54, 1.807) is 21.1 Å². The van der Waals surface area contributed by atoms with Crippen LogP contribution in [0.1, 0.15) is 226 Å². The van der Waals surface area contributed by atoms with Crippen molar-refractivity contribution in [1.82, 2.24) is 0 Å². The lowest BCUT2D eigenvalue weighted by atomic mass is 10.0. The third-order valence-electron chi connectivity index (χ3n) is 11.1. The summed E-state index contributed by atoms with van der Waals surface area (Å²) in [6.45, 7) is 4.61. The third kappa shape index (κ3) is 39.3. The number of allylic oxidation sites excluding steroid dienone is 4. The Kier molecular flexibility index (Phi) is 40.0. The zero-order chi connectivity index (χ0) is 42.8. The molecule has 58 heavy (non-hydrogen) atoms. The van der Waals surface area contributed by atoms with Crippen molar-refractivity contribution in [2.45, 2.75) is 238 Å². The summed E-state index contributed by atoms with van der Waals surface area (Å²) in [6.07, 6.45) is 46.5. The van der Waals surface area contributed by atoms with Gasteiger partial charge in [0.05, 0.1) is 40.3 Å². The van der Waals surface area contributed by atoms with Crippen LogP contribution in [-0.2, 0) is 28.6 Å². The van der Waals surface area contributed by atoms with Crippen molar-refractivity contribution in [1.29, 1.82) is 0 Å². The van der Waals surface area contributed by atoms with Gasteiger partial charge in [-0.2, -0.15) is 0 Å². The van der Waals surface area contributed by atoms with Gasteiger partial charge in [0.2, 0.25) is 0 Å². The number of carboxylic acid groups (broad SMARTS) is 1. The summed E-state index contributed by atoms with van der Waals surface area (Å²) in [4.78, 5) is 36.9. The highest BCUT2D eigenvalue weighted by atomic mass is 16.6. The fourth-order valence-electron chi connectivity index (χ4n) is 7.28. The van der Waals surface area contributed by atoms with E-state index in [1.807, 2.05) is 0 Å². The van der Waals surface area contributed by atoms with Crippen LogP contribution in [0.25, 0.3) is 0 Å². The first-order valence-corrected chi connectivity index (χ1v) is 24.4. The number of unbranched alkanes of at least 4 members (excludes halogenated alkanes) is 27. The van der Waals surface area contributed by atoms with Crippen LogP contribution in [0.2, 0.25) is 0 Å². The third-order valence-corrected chi connectivity index (χ3v) is 11.1. The van der Waals surface area contributed by atoms with E-state index in [0.29, 0.717) is 12.8 Å². The van der Waals surface area contributed by atoms with E-state index in [2.05, 4.69) is 38.2 Å². The number of hydrogen-bond donors (Lipinski definition) is 0. The molecule has 0 aliphatic heterocycles. The fraction of sp³-hybridized carbons (Fsp3) is 0.860. The summed E-state index contributed by atoms with van der Waals surface area (Å²) < 4.78 is 17.2. The van der Waals surface area contributed by atoms with Crippen molar-refractivity contribution >= 4 is 17.9 Å². The molecule has 0 radical (unpaired) electrons. The van der Waals surface area contributed by atoms with Gasteiger partial charge in [-0.25, -0.2) is 0 Å².